The zero-order valence-corrected chi connectivity index (χ0v) is 16.3. The van der Waals surface area contributed by atoms with Gasteiger partial charge in [0.15, 0.2) is 6.10 Å². The Hall–Kier alpha value is -3.41. The van der Waals surface area contributed by atoms with Crippen molar-refractivity contribution in [2.45, 2.75) is 31.9 Å². The fraction of sp³-hybridized carbons (Fsp3) is 0.261. The first-order valence-corrected chi connectivity index (χ1v) is 9.60. The van der Waals surface area contributed by atoms with Crippen molar-refractivity contribution in [1.29, 1.82) is 0 Å². The molecule has 0 spiro atoms. The number of carbonyl (C=O) groups is 2. The van der Waals surface area contributed by atoms with E-state index in [1.807, 2.05) is 48.5 Å². The molecule has 6 heteroatoms. The van der Waals surface area contributed by atoms with Gasteiger partial charge in [-0.2, -0.15) is 0 Å². The number of esters is 1. The van der Waals surface area contributed by atoms with Crippen LogP contribution in [0.2, 0.25) is 0 Å². The van der Waals surface area contributed by atoms with Gasteiger partial charge in [-0.3, -0.25) is 4.79 Å². The summed E-state index contributed by atoms with van der Waals surface area (Å²) in [5.74, 6) is -0.0731. The number of benzene rings is 2. The Morgan fingerprint density at radius 3 is 2.52 bits per heavy atom. The monoisotopic (exact) mass is 390 g/mol. The van der Waals surface area contributed by atoms with Gasteiger partial charge in [-0.25, -0.2) is 9.78 Å². The highest BCUT2D eigenvalue weighted by molar-refractivity contribution is 6.05. The molecule has 0 bridgehead atoms. The third-order valence-electron chi connectivity index (χ3n) is 4.90. The van der Waals surface area contributed by atoms with E-state index in [1.54, 1.807) is 20.1 Å². The highest BCUT2D eigenvalue weighted by Crippen LogP contribution is 2.27. The summed E-state index contributed by atoms with van der Waals surface area (Å²) in [6.45, 7) is 1.59. The number of methoxy groups -OCH3 is 1. The van der Waals surface area contributed by atoms with Crippen LogP contribution in [0, 0.1) is 0 Å². The molecule has 1 aliphatic rings. The second-order valence-corrected chi connectivity index (χ2v) is 7.13. The minimum atomic E-state index is -0.862. The Morgan fingerprint density at radius 2 is 1.83 bits per heavy atom. The fourth-order valence-corrected chi connectivity index (χ4v) is 3.08. The molecule has 0 aliphatic heterocycles. The van der Waals surface area contributed by atoms with Crippen LogP contribution >= 0.6 is 0 Å². The first-order valence-electron chi connectivity index (χ1n) is 9.60. The zero-order valence-electron chi connectivity index (χ0n) is 16.3. The van der Waals surface area contributed by atoms with Gasteiger partial charge in [0.2, 0.25) is 0 Å². The van der Waals surface area contributed by atoms with Crippen LogP contribution in [0.1, 0.15) is 30.1 Å². The van der Waals surface area contributed by atoms with Crippen LogP contribution in [0.25, 0.3) is 22.2 Å². The topological polar surface area (TPSA) is 77.5 Å². The molecule has 29 heavy (non-hydrogen) atoms. The van der Waals surface area contributed by atoms with Crippen LogP contribution in [0.5, 0.6) is 5.75 Å². The van der Waals surface area contributed by atoms with E-state index in [4.69, 9.17) is 9.47 Å². The second-order valence-electron chi connectivity index (χ2n) is 7.13. The van der Waals surface area contributed by atoms with Crippen molar-refractivity contribution in [3.63, 3.8) is 0 Å². The number of para-hydroxylation sites is 1. The van der Waals surface area contributed by atoms with Gasteiger partial charge >= 0.3 is 5.97 Å². The Morgan fingerprint density at radius 1 is 1.10 bits per heavy atom. The maximum absolute atomic E-state index is 12.9. The third kappa shape index (κ3) is 4.21. The van der Waals surface area contributed by atoms with Crippen molar-refractivity contribution < 1.29 is 19.1 Å². The van der Waals surface area contributed by atoms with Gasteiger partial charge in [0, 0.05) is 17.0 Å². The predicted octanol–water partition coefficient (Wildman–Crippen LogP) is 3.73. The number of ether oxygens (including phenoxy) is 2. The summed E-state index contributed by atoms with van der Waals surface area (Å²) in [5, 5.41) is 3.54. The van der Waals surface area contributed by atoms with Crippen LogP contribution < -0.4 is 10.1 Å². The van der Waals surface area contributed by atoms with Crippen LogP contribution in [-0.4, -0.2) is 36.1 Å². The minimum Gasteiger partial charge on any atom is -0.497 e. The zero-order chi connectivity index (χ0) is 20.4. The number of amides is 1. The lowest BCUT2D eigenvalue weighted by molar-refractivity contribution is -0.129. The number of hydrogen-bond acceptors (Lipinski definition) is 5. The summed E-state index contributed by atoms with van der Waals surface area (Å²) >= 11 is 0. The number of aromatic nitrogens is 1. The van der Waals surface area contributed by atoms with Crippen LogP contribution in [0.15, 0.2) is 54.6 Å². The lowest BCUT2D eigenvalue weighted by Crippen LogP contribution is -2.37. The molecule has 148 valence electrons. The van der Waals surface area contributed by atoms with Gasteiger partial charge in [-0.05, 0) is 56.2 Å². The van der Waals surface area contributed by atoms with E-state index in [2.05, 4.69) is 10.3 Å². The van der Waals surface area contributed by atoms with E-state index in [0.717, 1.165) is 24.2 Å². The first kappa shape index (κ1) is 18.9. The van der Waals surface area contributed by atoms with E-state index in [0.29, 0.717) is 22.2 Å². The number of carbonyl (C=O) groups excluding carboxylic acids is 2. The molecule has 0 unspecified atom stereocenters. The maximum Gasteiger partial charge on any atom is 0.339 e. The number of nitrogens with one attached hydrogen (secondary N) is 1. The highest BCUT2D eigenvalue weighted by atomic mass is 16.5. The van der Waals surface area contributed by atoms with Crippen molar-refractivity contribution in [2.24, 2.45) is 0 Å². The third-order valence-corrected chi connectivity index (χ3v) is 4.90. The van der Waals surface area contributed by atoms with Gasteiger partial charge in [0.1, 0.15) is 5.75 Å². The second kappa shape index (κ2) is 7.91. The van der Waals surface area contributed by atoms with Crippen molar-refractivity contribution in [1.82, 2.24) is 10.3 Å². The van der Waals surface area contributed by atoms with Gasteiger partial charge in [-0.1, -0.05) is 18.2 Å². The van der Waals surface area contributed by atoms with Gasteiger partial charge in [0.05, 0.1) is 23.9 Å². The van der Waals surface area contributed by atoms with Crippen LogP contribution in [0.4, 0.5) is 0 Å². The molecular formula is C23H22N2O4. The SMILES string of the molecule is COc1ccc(-c2cc(C(=O)O[C@@H](C)C(=O)NC3CC3)c3ccccc3n2)cc1. The molecule has 1 aliphatic carbocycles. The average molecular weight is 390 g/mol. The molecule has 4 rings (SSSR count). The minimum absolute atomic E-state index is 0.215. The first-order chi connectivity index (χ1) is 14.0. The fourth-order valence-electron chi connectivity index (χ4n) is 3.08. The average Bonchev–Trinajstić information content (AvgIpc) is 3.56. The summed E-state index contributed by atoms with van der Waals surface area (Å²) in [7, 11) is 1.61. The molecule has 1 atom stereocenters. The summed E-state index contributed by atoms with van der Waals surface area (Å²) in [4.78, 5) is 29.7. The molecule has 1 heterocycles. The summed E-state index contributed by atoms with van der Waals surface area (Å²) in [6, 6.07) is 16.8. The molecule has 1 amide bonds. The smallest absolute Gasteiger partial charge is 0.339 e. The molecule has 1 saturated carbocycles. The summed E-state index contributed by atoms with van der Waals surface area (Å²) in [5.41, 5.74) is 2.56. The summed E-state index contributed by atoms with van der Waals surface area (Å²) in [6.07, 6.45) is 1.10. The Balaban J connectivity index is 1.66. The lowest BCUT2D eigenvalue weighted by Gasteiger charge is -2.15. The molecule has 0 saturated heterocycles. The quantitative estimate of drug-likeness (QED) is 0.649. The molecule has 2 aromatic carbocycles. The number of nitrogens with zero attached hydrogens (tertiary/aromatic N) is 1. The van der Waals surface area contributed by atoms with Gasteiger partial charge in [-0.15, -0.1) is 0 Å². The van der Waals surface area contributed by atoms with E-state index in [1.165, 1.54) is 0 Å². The molecule has 6 nitrogen and oxygen atoms in total. The molecule has 0 radical (unpaired) electrons. The largest absolute Gasteiger partial charge is 0.497 e. The van der Waals surface area contributed by atoms with E-state index < -0.39 is 12.1 Å². The van der Waals surface area contributed by atoms with Crippen LogP contribution in [-0.2, 0) is 9.53 Å². The maximum atomic E-state index is 12.9. The standard InChI is InChI=1S/C23H22N2O4/c1-14(22(26)24-16-9-10-16)29-23(27)19-13-21(15-7-11-17(28-2)12-8-15)25-20-6-4-3-5-18(19)20/h3-8,11-14,16H,9-10H2,1-2H3,(H,24,26)/t14-/m0/s1. The predicted molar refractivity (Wildman–Crippen MR) is 110 cm³/mol. The van der Waals surface area contributed by atoms with E-state index in [-0.39, 0.29) is 11.9 Å². The number of fused-ring (bicyclic) bond motifs is 1. The highest BCUT2D eigenvalue weighted by Gasteiger charge is 2.28. The lowest BCUT2D eigenvalue weighted by atomic mass is 10.0. The van der Waals surface area contributed by atoms with Crippen LogP contribution in [0.3, 0.4) is 0 Å². The Kier molecular flexibility index (Phi) is 5.16. The Labute approximate surface area is 168 Å². The van der Waals surface area contributed by atoms with Crippen molar-refractivity contribution in [2.75, 3.05) is 7.11 Å². The molecule has 1 N–H and O–H groups in total. The van der Waals surface area contributed by atoms with E-state index in [9.17, 15) is 9.59 Å². The number of pyridine rings is 1. The number of hydrogen-bond donors (Lipinski definition) is 1. The molecular weight excluding hydrogens is 368 g/mol. The van der Waals surface area contributed by atoms with Crippen molar-refractivity contribution in [3.05, 3.63) is 60.2 Å². The molecule has 3 aromatic rings. The Bertz CT molecular complexity index is 1060. The molecule has 1 fully saturated rings. The molecule has 1 aromatic heterocycles. The number of rotatable bonds is 6. The summed E-state index contributed by atoms with van der Waals surface area (Å²) < 4.78 is 10.7. The van der Waals surface area contributed by atoms with E-state index >= 15 is 0 Å². The van der Waals surface area contributed by atoms with Gasteiger partial charge in [0.25, 0.3) is 5.91 Å². The van der Waals surface area contributed by atoms with Crippen molar-refractivity contribution >= 4 is 22.8 Å². The normalized spacial score (nSPS) is 14.3. The van der Waals surface area contributed by atoms with Crippen molar-refractivity contribution in [3.8, 4) is 17.0 Å². The van der Waals surface area contributed by atoms with Gasteiger partial charge < -0.3 is 14.8 Å².